The van der Waals surface area contributed by atoms with E-state index in [2.05, 4.69) is 18.0 Å². The van der Waals surface area contributed by atoms with Crippen molar-refractivity contribution < 1.29 is 24.2 Å². The number of carbonyl (C=O) groups is 2. The Labute approximate surface area is 162 Å². The largest absolute Gasteiger partial charge is 0.493 e. The lowest BCUT2D eigenvalue weighted by atomic mass is 9.51. The molecule has 2 heterocycles. The van der Waals surface area contributed by atoms with E-state index < -0.39 is 12.1 Å². The Morgan fingerprint density at radius 3 is 3.00 bits per heavy atom. The van der Waals surface area contributed by atoms with Crippen molar-refractivity contribution in [2.45, 2.75) is 42.1 Å². The second kappa shape index (κ2) is 5.88. The van der Waals surface area contributed by atoms with Crippen LogP contribution >= 0.6 is 11.8 Å². The van der Waals surface area contributed by atoms with Gasteiger partial charge in [-0.2, -0.15) is 0 Å². The van der Waals surface area contributed by atoms with Gasteiger partial charge in [0.05, 0.1) is 18.3 Å². The summed E-state index contributed by atoms with van der Waals surface area (Å²) >= 11 is 1.42. The van der Waals surface area contributed by atoms with Crippen molar-refractivity contribution in [1.82, 2.24) is 4.90 Å². The molecule has 1 aromatic carbocycles. The zero-order valence-electron chi connectivity index (χ0n) is 15.4. The molecule has 6 nitrogen and oxygen atoms in total. The van der Waals surface area contributed by atoms with Crippen LogP contribution in [0.5, 0.6) is 11.5 Å². The molecule has 1 saturated carbocycles. The first-order chi connectivity index (χ1) is 13.0. The number of ketones is 1. The first kappa shape index (κ1) is 17.4. The lowest BCUT2D eigenvalue weighted by Gasteiger charge is -2.59. The molecule has 1 spiro atoms. The average Bonchev–Trinajstić information content (AvgIpc) is 2.99. The number of benzene rings is 1. The van der Waals surface area contributed by atoms with Crippen molar-refractivity contribution in [3.63, 3.8) is 0 Å². The smallest absolute Gasteiger partial charge is 0.313 e. The highest BCUT2D eigenvalue weighted by Gasteiger charge is 2.68. The molecule has 1 unspecified atom stereocenters. The van der Waals surface area contributed by atoms with Gasteiger partial charge in [0.15, 0.2) is 23.4 Å². The van der Waals surface area contributed by atoms with Crippen molar-refractivity contribution in [2.75, 3.05) is 26.5 Å². The predicted molar refractivity (Wildman–Crippen MR) is 101 cm³/mol. The molecule has 5 atom stereocenters. The number of piperidine rings is 1. The van der Waals surface area contributed by atoms with Crippen LogP contribution in [0.15, 0.2) is 12.1 Å². The third kappa shape index (κ3) is 2.18. The Kier molecular flexibility index (Phi) is 3.78. The lowest BCUT2D eigenvalue weighted by Crippen LogP contribution is -2.68. The van der Waals surface area contributed by atoms with E-state index in [0.717, 1.165) is 30.7 Å². The predicted octanol–water partition coefficient (Wildman–Crippen LogP) is 1.73. The van der Waals surface area contributed by atoms with Gasteiger partial charge in [0.25, 0.3) is 0 Å². The number of rotatable bonds is 4. The fraction of sp³-hybridized carbons (Fsp3) is 0.600. The van der Waals surface area contributed by atoms with E-state index in [-0.39, 0.29) is 28.1 Å². The van der Waals surface area contributed by atoms with Gasteiger partial charge in [0.1, 0.15) is 0 Å². The number of methoxy groups -OCH3 is 1. The minimum atomic E-state index is -0.827. The number of likely N-dealkylation sites (tertiary alicyclic amines) is 1. The summed E-state index contributed by atoms with van der Waals surface area (Å²) in [4.78, 5) is 26.7. The van der Waals surface area contributed by atoms with Gasteiger partial charge >= 0.3 is 5.97 Å². The van der Waals surface area contributed by atoms with E-state index in [1.54, 1.807) is 7.11 Å². The standard InChI is InChI=1S/C20H23NO5S/c1-21-6-5-20-16-10-3-4-13(25-2)18(16)26-19(20)12(22)8-14(27-9-15(23)24)17(20)11(21)7-10/h3-4,11,14,17,19H,5-9H2,1-2H3,(H,23,24)/t11-,14?,17-,19+,20-/m1/s1. The summed E-state index contributed by atoms with van der Waals surface area (Å²) in [5.41, 5.74) is 2.06. The maximum atomic E-state index is 13.1. The van der Waals surface area contributed by atoms with Gasteiger partial charge in [-0.3, -0.25) is 9.59 Å². The molecule has 4 aliphatic rings. The van der Waals surface area contributed by atoms with Crippen LogP contribution in [0.2, 0.25) is 0 Å². The zero-order chi connectivity index (χ0) is 18.9. The van der Waals surface area contributed by atoms with Gasteiger partial charge in [-0.1, -0.05) is 6.07 Å². The first-order valence-corrected chi connectivity index (χ1v) is 10.5. The van der Waals surface area contributed by atoms with Crippen LogP contribution in [0.3, 0.4) is 0 Å². The second-order valence-electron chi connectivity index (χ2n) is 8.11. The number of hydrogen-bond donors (Lipinski definition) is 1. The average molecular weight is 389 g/mol. The van der Waals surface area contributed by atoms with Crippen molar-refractivity contribution in [3.05, 3.63) is 23.3 Å². The van der Waals surface area contributed by atoms with Crippen LogP contribution in [0.4, 0.5) is 0 Å². The third-order valence-electron chi connectivity index (χ3n) is 7.00. The molecule has 1 saturated heterocycles. The molecule has 2 bridgehead atoms. The number of aliphatic carboxylic acids is 1. The highest BCUT2D eigenvalue weighted by molar-refractivity contribution is 8.00. The number of hydrogen-bond acceptors (Lipinski definition) is 6. The van der Waals surface area contributed by atoms with E-state index in [9.17, 15) is 14.7 Å². The van der Waals surface area contributed by atoms with Crippen LogP contribution in [0.1, 0.15) is 24.0 Å². The second-order valence-corrected chi connectivity index (χ2v) is 9.34. The summed E-state index contributed by atoms with van der Waals surface area (Å²) in [6.45, 7) is 0.917. The number of carboxylic acids is 1. The topological polar surface area (TPSA) is 76.1 Å². The maximum Gasteiger partial charge on any atom is 0.313 e. The third-order valence-corrected chi connectivity index (χ3v) is 8.30. The molecule has 5 rings (SSSR count). The number of carboxylic acid groups (broad SMARTS) is 1. The number of nitrogens with zero attached hydrogens (tertiary/aromatic N) is 1. The van der Waals surface area contributed by atoms with Crippen LogP contribution < -0.4 is 9.47 Å². The fourth-order valence-electron chi connectivity index (χ4n) is 6.04. The molecule has 7 heteroatoms. The summed E-state index contributed by atoms with van der Waals surface area (Å²) in [7, 11) is 3.78. The van der Waals surface area contributed by atoms with Crippen molar-refractivity contribution in [3.8, 4) is 11.5 Å². The van der Waals surface area contributed by atoms with E-state index in [1.807, 2.05) is 6.07 Å². The molecule has 27 heavy (non-hydrogen) atoms. The molecule has 1 aromatic rings. The number of Topliss-reactive ketones (excluding diaryl/α,β-unsaturated/α-hetero) is 1. The molecular weight excluding hydrogens is 366 g/mol. The number of carbonyl (C=O) groups excluding carboxylic acids is 1. The monoisotopic (exact) mass is 389 g/mol. The minimum absolute atomic E-state index is 0.00602. The van der Waals surface area contributed by atoms with Gasteiger partial charge in [0, 0.05) is 29.2 Å². The summed E-state index contributed by atoms with van der Waals surface area (Å²) in [5.74, 6) is 0.950. The summed E-state index contributed by atoms with van der Waals surface area (Å²) < 4.78 is 11.8. The van der Waals surface area contributed by atoms with E-state index in [4.69, 9.17) is 9.47 Å². The quantitative estimate of drug-likeness (QED) is 0.840. The molecule has 2 aliphatic carbocycles. The van der Waals surface area contributed by atoms with Gasteiger partial charge in [-0.15, -0.1) is 11.8 Å². The molecular formula is C20H23NO5S. The maximum absolute atomic E-state index is 13.1. The Morgan fingerprint density at radius 1 is 1.44 bits per heavy atom. The molecule has 0 amide bonds. The van der Waals surface area contributed by atoms with E-state index in [0.29, 0.717) is 18.2 Å². The normalized spacial score (nSPS) is 36.1. The van der Waals surface area contributed by atoms with Crippen molar-refractivity contribution in [2.24, 2.45) is 5.92 Å². The van der Waals surface area contributed by atoms with Crippen LogP contribution in [0, 0.1) is 5.92 Å². The summed E-state index contributed by atoms with van der Waals surface area (Å²) in [6.07, 6.45) is 1.68. The molecule has 0 radical (unpaired) electrons. The molecule has 2 fully saturated rings. The number of ether oxygens (including phenoxy) is 2. The van der Waals surface area contributed by atoms with Gasteiger partial charge < -0.3 is 19.5 Å². The van der Waals surface area contributed by atoms with Crippen LogP contribution in [-0.2, 0) is 21.4 Å². The van der Waals surface area contributed by atoms with Gasteiger partial charge in [-0.05, 0) is 38.1 Å². The Bertz CT molecular complexity index is 842. The van der Waals surface area contributed by atoms with E-state index >= 15 is 0 Å². The Morgan fingerprint density at radius 2 is 2.26 bits per heavy atom. The van der Waals surface area contributed by atoms with Gasteiger partial charge in [0.2, 0.25) is 0 Å². The summed E-state index contributed by atoms with van der Waals surface area (Å²) in [5, 5.41) is 9.20. The van der Waals surface area contributed by atoms with E-state index in [1.165, 1.54) is 17.3 Å². The minimum Gasteiger partial charge on any atom is -0.493 e. The number of likely N-dealkylation sites (N-methyl/N-ethyl adjacent to an activating group) is 1. The Hall–Kier alpha value is -1.73. The van der Waals surface area contributed by atoms with Crippen molar-refractivity contribution in [1.29, 1.82) is 0 Å². The molecule has 0 aromatic heterocycles. The molecule has 144 valence electrons. The highest BCUT2D eigenvalue weighted by Crippen LogP contribution is 2.64. The zero-order valence-corrected chi connectivity index (χ0v) is 16.3. The van der Waals surface area contributed by atoms with Gasteiger partial charge in [-0.25, -0.2) is 0 Å². The lowest BCUT2D eigenvalue weighted by molar-refractivity contribution is -0.138. The Balaban J connectivity index is 1.70. The van der Waals surface area contributed by atoms with Crippen LogP contribution in [0.25, 0.3) is 0 Å². The fourth-order valence-corrected chi connectivity index (χ4v) is 7.31. The van der Waals surface area contributed by atoms with Crippen LogP contribution in [-0.4, -0.2) is 65.6 Å². The first-order valence-electron chi connectivity index (χ1n) is 9.40. The molecule has 2 aliphatic heterocycles. The summed E-state index contributed by atoms with van der Waals surface area (Å²) in [6, 6.07) is 4.36. The highest BCUT2D eigenvalue weighted by atomic mass is 32.2. The SMILES string of the molecule is COc1ccc2c3c1O[C@H]1C(=O)CC(SCC(=O)O)[C@H]4[C@@H](C2)N(C)CC[C@]314. The van der Waals surface area contributed by atoms with Crippen molar-refractivity contribution >= 4 is 23.5 Å². The number of thioether (sulfide) groups is 1. The molecule has 1 N–H and O–H groups in total.